The van der Waals surface area contributed by atoms with E-state index in [1.807, 2.05) is 0 Å². The Morgan fingerprint density at radius 3 is 2.58 bits per heavy atom. The minimum absolute atomic E-state index is 0.0137. The first-order valence-corrected chi connectivity index (χ1v) is 9.48. The van der Waals surface area contributed by atoms with Crippen molar-refractivity contribution in [2.75, 3.05) is 13.2 Å². The molecule has 3 aliphatic rings. The van der Waals surface area contributed by atoms with Gasteiger partial charge in [-0.25, -0.2) is 0 Å². The van der Waals surface area contributed by atoms with Gasteiger partial charge in [-0.2, -0.15) is 0 Å². The van der Waals surface area contributed by atoms with E-state index in [1.165, 1.54) is 18.2 Å². The summed E-state index contributed by atoms with van der Waals surface area (Å²) in [7, 11) is 0. The van der Waals surface area contributed by atoms with E-state index < -0.39 is 49.0 Å². The Bertz CT molecular complexity index is 1080. The summed E-state index contributed by atoms with van der Waals surface area (Å²) >= 11 is 0. The molecule has 11 nitrogen and oxygen atoms in total. The smallest absolute Gasteiger partial charge is 0.280 e. The normalized spacial score (nSPS) is 34.0. The van der Waals surface area contributed by atoms with Gasteiger partial charge in [-0.3, -0.25) is 0 Å². The van der Waals surface area contributed by atoms with Gasteiger partial charge in [0.25, 0.3) is 11.7 Å². The Morgan fingerprint density at radius 1 is 1.06 bits per heavy atom. The van der Waals surface area contributed by atoms with Crippen molar-refractivity contribution in [1.29, 1.82) is 0 Å². The molecule has 1 fully saturated rings. The zero-order valence-corrected chi connectivity index (χ0v) is 15.9. The quantitative estimate of drug-likeness (QED) is 0.319. The molecule has 0 bridgehead atoms. The summed E-state index contributed by atoms with van der Waals surface area (Å²) in [6, 6.07) is 4.21. The third-order valence-electron chi connectivity index (χ3n) is 5.62. The molecule has 2 aromatic carbocycles. The van der Waals surface area contributed by atoms with Gasteiger partial charge in [0.15, 0.2) is 6.61 Å². The summed E-state index contributed by atoms with van der Waals surface area (Å²) in [5, 5.41) is 71.1. The number of aliphatic hydroxyl groups is 6. The Balaban J connectivity index is 1.63. The molecule has 166 valence electrons. The molecule has 6 unspecified atom stereocenters. The van der Waals surface area contributed by atoms with Crippen LogP contribution in [0.25, 0.3) is 16.8 Å². The number of hydrogen-bond acceptors (Lipinski definition) is 11. The van der Waals surface area contributed by atoms with Gasteiger partial charge < -0.3 is 54.7 Å². The summed E-state index contributed by atoms with van der Waals surface area (Å²) in [6.07, 6.45) is -6.25. The molecule has 31 heavy (non-hydrogen) atoms. The maximum absolute atomic E-state index is 10.8. The molecule has 0 aromatic heterocycles. The van der Waals surface area contributed by atoms with Gasteiger partial charge >= 0.3 is 0 Å². The van der Waals surface area contributed by atoms with Crippen molar-refractivity contribution in [3.63, 3.8) is 0 Å². The van der Waals surface area contributed by atoms with Crippen molar-refractivity contribution in [2.24, 2.45) is 0 Å². The first-order chi connectivity index (χ1) is 14.7. The summed E-state index contributed by atoms with van der Waals surface area (Å²) in [4.78, 5) is 0. The van der Waals surface area contributed by atoms with Crippen LogP contribution in [0.5, 0.6) is 17.2 Å². The summed E-state index contributed by atoms with van der Waals surface area (Å²) in [5.41, 5.74) is 0.665. The average Bonchev–Trinajstić information content (AvgIpc) is 3.05. The highest BCUT2D eigenvalue weighted by Gasteiger charge is 2.48. The van der Waals surface area contributed by atoms with Gasteiger partial charge in [0.05, 0.1) is 17.6 Å². The molecule has 0 radical (unpaired) electrons. The number of rotatable bonds is 3. The number of benzene rings is 2. The predicted molar refractivity (Wildman–Crippen MR) is 101 cm³/mol. The molecule has 7 N–H and O–H groups in total. The highest BCUT2D eigenvalue weighted by molar-refractivity contribution is 5.99. The largest absolute Gasteiger partial charge is 0.508 e. The lowest BCUT2D eigenvalue weighted by molar-refractivity contribution is -0.277. The fraction of sp³-hybridized carbons (Fsp3) is 0.400. The lowest BCUT2D eigenvalue weighted by Gasteiger charge is -2.39. The van der Waals surface area contributed by atoms with Crippen molar-refractivity contribution in [2.45, 2.75) is 36.5 Å². The number of aromatic hydroxyl groups is 1. The van der Waals surface area contributed by atoms with Crippen LogP contribution in [0.1, 0.15) is 11.1 Å². The van der Waals surface area contributed by atoms with E-state index >= 15 is 0 Å². The highest BCUT2D eigenvalue weighted by atomic mass is 16.7. The highest BCUT2D eigenvalue weighted by Crippen LogP contribution is 2.51. The molecule has 3 aliphatic heterocycles. The lowest BCUT2D eigenvalue weighted by atomic mass is 9.93. The number of phenols is 1. The molecule has 3 heterocycles. The van der Waals surface area contributed by atoms with E-state index in [4.69, 9.17) is 18.9 Å². The molecule has 11 heteroatoms. The number of ether oxygens (including phenoxy) is 4. The van der Waals surface area contributed by atoms with Gasteiger partial charge in [-0.15, -0.1) is 0 Å². The lowest BCUT2D eigenvalue weighted by Crippen LogP contribution is -2.60. The first-order valence-electron chi connectivity index (χ1n) is 9.48. The zero-order valence-electron chi connectivity index (χ0n) is 15.9. The molecule has 5 rings (SSSR count). The average molecular weight is 436 g/mol. The number of hydrogen-bond donors (Lipinski definition) is 7. The Kier molecular flexibility index (Phi) is 4.45. The van der Waals surface area contributed by atoms with Crippen molar-refractivity contribution in [3.8, 4) is 17.2 Å². The number of aliphatic hydroxyl groups excluding tert-OH is 5. The summed E-state index contributed by atoms with van der Waals surface area (Å²) < 4.78 is 21.9. The molecule has 0 saturated carbocycles. The standard InChI is InChI=1S/C20H20O11/c21-5-11-15(24)16(25)17(26)19(30-11)29-10-4-9(22)2-7-1-8-3-12(23)31-20(27)6-28-18(13(7)10)14(8)20/h1-4,11,15-17,19,21-27H,5-6H2. The SMILES string of the molecule is OCC1OC(Oc2cc(O)cc3cc4c5c(c23)OCC5(O)OC(O)=C4)C(O)C(O)C1O. The van der Waals surface area contributed by atoms with Crippen LogP contribution in [-0.2, 0) is 15.3 Å². The van der Waals surface area contributed by atoms with Crippen molar-refractivity contribution < 1.29 is 54.7 Å². The van der Waals surface area contributed by atoms with Crippen molar-refractivity contribution in [1.82, 2.24) is 0 Å². The monoisotopic (exact) mass is 436 g/mol. The van der Waals surface area contributed by atoms with Crippen molar-refractivity contribution >= 4 is 16.8 Å². The molecular weight excluding hydrogens is 416 g/mol. The van der Waals surface area contributed by atoms with Crippen LogP contribution in [-0.4, -0.2) is 79.7 Å². The number of phenolic OH excluding ortho intramolecular Hbond substituents is 1. The van der Waals surface area contributed by atoms with E-state index in [9.17, 15) is 35.7 Å². The van der Waals surface area contributed by atoms with E-state index in [-0.39, 0.29) is 29.4 Å². The van der Waals surface area contributed by atoms with E-state index in [0.717, 1.165) is 0 Å². The van der Waals surface area contributed by atoms with Crippen LogP contribution < -0.4 is 9.47 Å². The third-order valence-corrected chi connectivity index (χ3v) is 5.62. The molecular formula is C20H20O11. The van der Waals surface area contributed by atoms with Crippen LogP contribution in [0.2, 0.25) is 0 Å². The molecule has 0 spiro atoms. The molecule has 6 atom stereocenters. The predicted octanol–water partition coefficient (Wildman–Crippen LogP) is -0.852. The fourth-order valence-electron chi connectivity index (χ4n) is 4.18. The van der Waals surface area contributed by atoms with Gasteiger partial charge in [0.2, 0.25) is 6.29 Å². The maximum Gasteiger partial charge on any atom is 0.280 e. The topological polar surface area (TPSA) is 179 Å². The maximum atomic E-state index is 10.8. The van der Waals surface area contributed by atoms with Crippen LogP contribution >= 0.6 is 0 Å². The van der Waals surface area contributed by atoms with Crippen LogP contribution in [0, 0.1) is 0 Å². The Hall–Kier alpha value is -2.80. The van der Waals surface area contributed by atoms with Gasteiger partial charge in [-0.05, 0) is 23.1 Å². The second-order valence-electron chi connectivity index (χ2n) is 7.68. The van der Waals surface area contributed by atoms with Gasteiger partial charge in [0.1, 0.15) is 41.7 Å². The van der Waals surface area contributed by atoms with Crippen LogP contribution in [0.3, 0.4) is 0 Å². The van der Waals surface area contributed by atoms with Crippen LogP contribution in [0.4, 0.5) is 0 Å². The van der Waals surface area contributed by atoms with Gasteiger partial charge in [0, 0.05) is 12.1 Å². The second kappa shape index (κ2) is 6.85. The van der Waals surface area contributed by atoms with Crippen molar-refractivity contribution in [3.05, 3.63) is 35.3 Å². The second-order valence-corrected chi connectivity index (χ2v) is 7.68. The Morgan fingerprint density at radius 2 is 1.84 bits per heavy atom. The molecule has 1 saturated heterocycles. The summed E-state index contributed by atoms with van der Waals surface area (Å²) in [6.45, 7) is -0.944. The van der Waals surface area contributed by atoms with Gasteiger partial charge in [-0.1, -0.05) is 0 Å². The number of fused-ring (bicyclic) bond motifs is 2. The van der Waals surface area contributed by atoms with E-state index in [0.29, 0.717) is 16.3 Å². The Labute approximate surface area is 174 Å². The third kappa shape index (κ3) is 2.97. The molecule has 0 amide bonds. The van der Waals surface area contributed by atoms with E-state index in [1.54, 1.807) is 6.07 Å². The summed E-state index contributed by atoms with van der Waals surface area (Å²) in [5.74, 6) is -2.45. The molecule has 0 aliphatic carbocycles. The zero-order chi connectivity index (χ0) is 22.1. The molecule has 2 aromatic rings. The first kappa shape index (κ1) is 20.1. The fourth-order valence-corrected chi connectivity index (χ4v) is 4.18. The minimum Gasteiger partial charge on any atom is -0.508 e. The van der Waals surface area contributed by atoms with Crippen LogP contribution in [0.15, 0.2) is 24.1 Å². The van der Waals surface area contributed by atoms with E-state index in [2.05, 4.69) is 0 Å². The minimum atomic E-state index is -1.92.